The summed E-state index contributed by atoms with van der Waals surface area (Å²) in [5.74, 6) is 3.32. The molecule has 0 aromatic heterocycles. The zero-order valence-corrected chi connectivity index (χ0v) is 11.9. The van der Waals surface area contributed by atoms with E-state index in [4.69, 9.17) is 11.2 Å². The minimum absolute atomic E-state index is 0.345. The molecule has 0 saturated carbocycles. The summed E-state index contributed by atoms with van der Waals surface area (Å²) < 4.78 is 6.82. The van der Waals surface area contributed by atoms with E-state index in [1.807, 2.05) is 12.1 Å². The number of hydrogen-bond donors (Lipinski definition) is 0. The van der Waals surface area contributed by atoms with Gasteiger partial charge in [-0.1, -0.05) is 0 Å². The van der Waals surface area contributed by atoms with Crippen molar-refractivity contribution in [2.24, 2.45) is 0 Å². The Balaban J connectivity index is 2.75. The minimum atomic E-state index is -1.88. The summed E-state index contributed by atoms with van der Waals surface area (Å²) in [6.07, 6.45) is 5.11. The monoisotopic (exact) mass is 296 g/mol. The van der Waals surface area contributed by atoms with Crippen LogP contribution in [0, 0.1) is 12.3 Å². The SMILES string of the molecule is C#CCOc1cc[c]([Sn]([CH3])([CH3])[CH3])cc1. The molecule has 1 aromatic rings. The first kappa shape index (κ1) is 11.5. The molecule has 0 atom stereocenters. The third kappa shape index (κ3) is 3.26. The van der Waals surface area contributed by atoms with E-state index < -0.39 is 18.4 Å². The van der Waals surface area contributed by atoms with Crippen molar-refractivity contribution >= 4 is 22.0 Å². The Hall–Kier alpha value is -0.621. The number of benzene rings is 1. The molecule has 14 heavy (non-hydrogen) atoms. The Morgan fingerprint density at radius 2 is 1.79 bits per heavy atom. The van der Waals surface area contributed by atoms with E-state index in [0.29, 0.717) is 6.61 Å². The standard InChI is InChI=1S/C9H7O.3CH3.Sn/c1-2-8-10-9-6-4-3-5-7-9;;;;/h1,4-7H,8H2;3*1H3;. The summed E-state index contributed by atoms with van der Waals surface area (Å²) in [6, 6.07) is 8.35. The number of terminal acetylenes is 1. The van der Waals surface area contributed by atoms with Crippen LogP contribution >= 0.6 is 0 Å². The molecule has 1 nitrogen and oxygen atoms in total. The van der Waals surface area contributed by atoms with Gasteiger partial charge in [-0.25, -0.2) is 0 Å². The van der Waals surface area contributed by atoms with Gasteiger partial charge in [0.2, 0.25) is 0 Å². The second kappa shape index (κ2) is 4.74. The first-order valence-electron chi connectivity index (χ1n) is 4.71. The van der Waals surface area contributed by atoms with E-state index in [1.165, 1.54) is 3.58 Å². The van der Waals surface area contributed by atoms with Crippen LogP contribution in [0.3, 0.4) is 0 Å². The molecule has 0 spiro atoms. The molecule has 0 fully saturated rings. The molecule has 74 valence electrons. The second-order valence-electron chi connectivity index (χ2n) is 4.27. The van der Waals surface area contributed by atoms with Crippen molar-refractivity contribution in [3.8, 4) is 18.1 Å². The topological polar surface area (TPSA) is 9.23 Å². The molecule has 0 aliphatic heterocycles. The van der Waals surface area contributed by atoms with E-state index in [9.17, 15) is 0 Å². The van der Waals surface area contributed by atoms with Gasteiger partial charge in [-0.2, -0.15) is 0 Å². The second-order valence-corrected chi connectivity index (χ2v) is 18.8. The van der Waals surface area contributed by atoms with Crippen molar-refractivity contribution in [3.63, 3.8) is 0 Å². The molecule has 0 radical (unpaired) electrons. The van der Waals surface area contributed by atoms with Gasteiger partial charge in [-0.05, 0) is 0 Å². The molecule has 1 aromatic carbocycles. The average molecular weight is 295 g/mol. The molecule has 0 aliphatic rings. The molecule has 0 unspecified atom stereocenters. The fourth-order valence-corrected chi connectivity index (χ4v) is 4.51. The van der Waals surface area contributed by atoms with Gasteiger partial charge in [-0.3, -0.25) is 0 Å². The van der Waals surface area contributed by atoms with E-state index in [2.05, 4.69) is 32.9 Å². The van der Waals surface area contributed by atoms with Crippen LogP contribution < -0.4 is 8.32 Å². The van der Waals surface area contributed by atoms with Gasteiger partial charge >= 0.3 is 90.5 Å². The maximum absolute atomic E-state index is 5.31. The number of hydrogen-bond acceptors (Lipinski definition) is 1. The van der Waals surface area contributed by atoms with Crippen LogP contribution in [-0.4, -0.2) is 25.0 Å². The normalized spacial score (nSPS) is 10.7. The summed E-state index contributed by atoms with van der Waals surface area (Å²) in [7, 11) is 0. The molecule has 1 rings (SSSR count). The van der Waals surface area contributed by atoms with Gasteiger partial charge in [-0.15, -0.1) is 0 Å². The van der Waals surface area contributed by atoms with Crippen LogP contribution in [0.4, 0.5) is 0 Å². The molecular formula is C12H16OSn. The Kier molecular flexibility index (Phi) is 3.88. The summed E-state index contributed by atoms with van der Waals surface area (Å²) in [5, 5.41) is 0. The van der Waals surface area contributed by atoms with Crippen LogP contribution in [0.25, 0.3) is 0 Å². The van der Waals surface area contributed by atoms with Crippen molar-refractivity contribution < 1.29 is 4.74 Å². The van der Waals surface area contributed by atoms with Crippen LogP contribution in [0.5, 0.6) is 5.75 Å². The van der Waals surface area contributed by atoms with Gasteiger partial charge in [0.25, 0.3) is 0 Å². The van der Waals surface area contributed by atoms with Crippen molar-refractivity contribution in [1.29, 1.82) is 0 Å². The Morgan fingerprint density at radius 3 is 2.21 bits per heavy atom. The van der Waals surface area contributed by atoms with Gasteiger partial charge in [0, 0.05) is 0 Å². The first-order chi connectivity index (χ1) is 6.54. The number of ether oxygens (including phenoxy) is 1. The van der Waals surface area contributed by atoms with Crippen LogP contribution in [-0.2, 0) is 0 Å². The van der Waals surface area contributed by atoms with E-state index >= 15 is 0 Å². The molecule has 2 heteroatoms. The summed E-state index contributed by atoms with van der Waals surface area (Å²) in [6.45, 7) is 0.345. The zero-order chi connectivity index (χ0) is 10.6. The predicted molar refractivity (Wildman–Crippen MR) is 63.8 cm³/mol. The first-order valence-corrected chi connectivity index (χ1v) is 14.7. The molecule has 0 amide bonds. The molecule has 0 heterocycles. The Morgan fingerprint density at radius 1 is 1.21 bits per heavy atom. The van der Waals surface area contributed by atoms with E-state index in [-0.39, 0.29) is 0 Å². The molecule has 0 N–H and O–H groups in total. The van der Waals surface area contributed by atoms with Gasteiger partial charge in [0.05, 0.1) is 0 Å². The van der Waals surface area contributed by atoms with Crippen molar-refractivity contribution in [2.45, 2.75) is 14.8 Å². The molecular weight excluding hydrogens is 279 g/mol. The maximum atomic E-state index is 5.31. The summed E-state index contributed by atoms with van der Waals surface area (Å²) in [5.41, 5.74) is 0. The predicted octanol–water partition coefficient (Wildman–Crippen LogP) is 2.24. The van der Waals surface area contributed by atoms with Crippen molar-refractivity contribution in [1.82, 2.24) is 0 Å². The third-order valence-corrected chi connectivity index (χ3v) is 7.94. The summed E-state index contributed by atoms with van der Waals surface area (Å²) >= 11 is -1.88. The fraction of sp³-hybridized carbons (Fsp3) is 0.333. The Bertz CT molecular complexity index is 327. The van der Waals surface area contributed by atoms with Crippen LogP contribution in [0.1, 0.15) is 0 Å². The van der Waals surface area contributed by atoms with E-state index in [0.717, 1.165) is 5.75 Å². The Labute approximate surface area is 90.4 Å². The van der Waals surface area contributed by atoms with Gasteiger partial charge in [0.15, 0.2) is 0 Å². The quantitative estimate of drug-likeness (QED) is 0.614. The summed E-state index contributed by atoms with van der Waals surface area (Å²) in [4.78, 5) is 7.18. The molecule has 0 bridgehead atoms. The zero-order valence-electron chi connectivity index (χ0n) is 9.00. The molecule has 0 saturated heterocycles. The van der Waals surface area contributed by atoms with E-state index in [1.54, 1.807) is 0 Å². The van der Waals surface area contributed by atoms with Crippen molar-refractivity contribution in [3.05, 3.63) is 24.3 Å². The number of rotatable bonds is 3. The van der Waals surface area contributed by atoms with Crippen LogP contribution in [0.2, 0.25) is 14.8 Å². The third-order valence-electron chi connectivity index (χ3n) is 2.04. The average Bonchev–Trinajstić information content (AvgIpc) is 2.14. The fourth-order valence-electron chi connectivity index (χ4n) is 1.18. The van der Waals surface area contributed by atoms with Crippen molar-refractivity contribution in [2.75, 3.05) is 6.61 Å². The van der Waals surface area contributed by atoms with Gasteiger partial charge < -0.3 is 0 Å². The van der Waals surface area contributed by atoms with Crippen LogP contribution in [0.15, 0.2) is 24.3 Å². The molecule has 0 aliphatic carbocycles. The van der Waals surface area contributed by atoms with Gasteiger partial charge in [0.1, 0.15) is 0 Å².